The molecule has 0 saturated carbocycles. The van der Waals surface area contributed by atoms with Crippen LogP contribution in [0.1, 0.15) is 13.0 Å². The van der Waals surface area contributed by atoms with E-state index in [0.717, 1.165) is 10.7 Å². The Hall–Kier alpha value is -2.49. The molecule has 1 N–H and O–H groups in total. The van der Waals surface area contributed by atoms with Crippen molar-refractivity contribution >= 4 is 33.3 Å². The van der Waals surface area contributed by atoms with E-state index in [9.17, 15) is 14.9 Å². The third-order valence-corrected chi connectivity index (χ3v) is 3.29. The van der Waals surface area contributed by atoms with Gasteiger partial charge in [0.05, 0.1) is 12.0 Å². The fourth-order valence-electron chi connectivity index (χ4n) is 1.64. The number of hydrogen-bond donors (Lipinski definition) is 1. The Morgan fingerprint density at radius 2 is 2.27 bits per heavy atom. The Bertz CT molecular complexity index is 700. The summed E-state index contributed by atoms with van der Waals surface area (Å²) in [4.78, 5) is 26.4. The first-order valence-corrected chi connectivity index (χ1v) is 6.91. The Balaban J connectivity index is 2.16. The van der Waals surface area contributed by atoms with Crippen LogP contribution in [0.15, 0.2) is 29.0 Å². The smallest absolute Gasteiger partial charge is 0.350 e. The molecule has 0 spiro atoms. The summed E-state index contributed by atoms with van der Waals surface area (Å²) in [5.74, 6) is -0.185. The van der Waals surface area contributed by atoms with E-state index >= 15 is 0 Å². The van der Waals surface area contributed by atoms with Crippen LogP contribution in [0, 0.1) is 10.1 Å². The maximum absolute atomic E-state index is 12.1. The molecular formula is C12H12BrN5O4. The first-order chi connectivity index (χ1) is 10.4. The van der Waals surface area contributed by atoms with E-state index in [4.69, 9.17) is 4.74 Å². The molecule has 0 radical (unpaired) electrons. The van der Waals surface area contributed by atoms with Gasteiger partial charge in [-0.1, -0.05) is 0 Å². The molecule has 2 aromatic heterocycles. The minimum absolute atomic E-state index is 0.147. The van der Waals surface area contributed by atoms with Crippen molar-refractivity contribution in [2.75, 3.05) is 12.4 Å². The first kappa shape index (κ1) is 15.9. The molecule has 1 atom stereocenters. The monoisotopic (exact) mass is 369 g/mol. The molecule has 22 heavy (non-hydrogen) atoms. The normalized spacial score (nSPS) is 11.8. The van der Waals surface area contributed by atoms with Crippen molar-refractivity contribution in [1.82, 2.24) is 14.8 Å². The minimum Gasteiger partial charge on any atom is -0.475 e. The van der Waals surface area contributed by atoms with E-state index in [1.165, 1.54) is 11.8 Å². The van der Waals surface area contributed by atoms with E-state index < -0.39 is 16.9 Å². The highest BCUT2D eigenvalue weighted by Crippen LogP contribution is 2.26. The molecule has 0 aliphatic heterocycles. The average Bonchev–Trinajstić information content (AvgIpc) is 2.93. The Morgan fingerprint density at radius 1 is 1.55 bits per heavy atom. The fraction of sp³-hybridized carbons (Fsp3) is 0.250. The number of nitro groups is 1. The zero-order valence-corrected chi connectivity index (χ0v) is 13.3. The molecule has 116 valence electrons. The van der Waals surface area contributed by atoms with Gasteiger partial charge in [-0.15, -0.1) is 5.10 Å². The number of carbonyl (C=O) groups is 1. The average molecular weight is 370 g/mol. The lowest BCUT2D eigenvalue weighted by Crippen LogP contribution is -2.24. The molecule has 10 heteroatoms. The zero-order chi connectivity index (χ0) is 16.3. The van der Waals surface area contributed by atoms with Crippen molar-refractivity contribution in [2.45, 2.75) is 13.0 Å². The van der Waals surface area contributed by atoms with Crippen LogP contribution in [0.4, 0.5) is 11.5 Å². The molecule has 0 aromatic carbocycles. The molecular weight excluding hydrogens is 358 g/mol. The quantitative estimate of drug-likeness (QED) is 0.638. The first-order valence-electron chi connectivity index (χ1n) is 6.12. The number of anilines is 1. The van der Waals surface area contributed by atoms with E-state index in [0.29, 0.717) is 5.82 Å². The van der Waals surface area contributed by atoms with Crippen LogP contribution >= 0.6 is 15.9 Å². The van der Waals surface area contributed by atoms with Gasteiger partial charge >= 0.3 is 11.6 Å². The minimum atomic E-state index is -0.770. The number of halogens is 1. The number of nitrogens with zero attached hydrogens (tertiary/aromatic N) is 4. The molecule has 1 amide bonds. The van der Waals surface area contributed by atoms with Gasteiger partial charge in [0.2, 0.25) is 5.91 Å². The van der Waals surface area contributed by atoms with E-state index in [-0.39, 0.29) is 11.6 Å². The van der Waals surface area contributed by atoms with Crippen molar-refractivity contribution < 1.29 is 14.5 Å². The van der Waals surface area contributed by atoms with E-state index in [2.05, 4.69) is 31.3 Å². The standard InChI is InChI=1S/C12H12BrN5O4/c1-7(11(19)15-10-4-3-8(13)5-14-10)17-6-9(18(20)21)12(16-17)22-2/h3-7H,1-2H3,(H,14,15,19). The molecule has 0 aliphatic carbocycles. The molecule has 0 fully saturated rings. The largest absolute Gasteiger partial charge is 0.475 e. The van der Waals surface area contributed by atoms with Gasteiger partial charge in [-0.25, -0.2) is 9.67 Å². The summed E-state index contributed by atoms with van der Waals surface area (Å²) in [6, 6.07) is 2.59. The summed E-state index contributed by atoms with van der Waals surface area (Å²) < 4.78 is 6.78. The number of rotatable bonds is 5. The van der Waals surface area contributed by atoms with E-state index in [1.54, 1.807) is 25.3 Å². The highest BCUT2D eigenvalue weighted by Gasteiger charge is 2.25. The van der Waals surface area contributed by atoms with Gasteiger partial charge in [0, 0.05) is 10.7 Å². The molecule has 2 aromatic rings. The third kappa shape index (κ3) is 3.39. The number of aromatic nitrogens is 3. The van der Waals surface area contributed by atoms with Crippen molar-refractivity contribution in [3.63, 3.8) is 0 Å². The molecule has 2 heterocycles. The zero-order valence-electron chi connectivity index (χ0n) is 11.7. The number of amides is 1. The summed E-state index contributed by atoms with van der Waals surface area (Å²) in [5.41, 5.74) is -0.302. The van der Waals surface area contributed by atoms with Gasteiger partial charge in [0.15, 0.2) is 0 Å². The third-order valence-electron chi connectivity index (χ3n) is 2.82. The maximum atomic E-state index is 12.1. The fourth-order valence-corrected chi connectivity index (χ4v) is 1.87. The van der Waals surface area contributed by atoms with Crippen molar-refractivity contribution in [2.24, 2.45) is 0 Å². The molecule has 0 aliphatic rings. The second-order valence-corrected chi connectivity index (χ2v) is 5.20. The Morgan fingerprint density at radius 3 is 2.77 bits per heavy atom. The number of hydrogen-bond acceptors (Lipinski definition) is 6. The second kappa shape index (κ2) is 6.52. The summed E-state index contributed by atoms with van der Waals surface area (Å²) in [6.07, 6.45) is 2.69. The number of carbonyl (C=O) groups excluding carboxylic acids is 1. The van der Waals surface area contributed by atoms with E-state index in [1.807, 2.05) is 0 Å². The van der Waals surface area contributed by atoms with Crippen molar-refractivity contribution in [1.29, 1.82) is 0 Å². The lowest BCUT2D eigenvalue weighted by molar-refractivity contribution is -0.385. The predicted octanol–water partition coefficient (Wildman–Crippen LogP) is 2.16. The van der Waals surface area contributed by atoms with Crippen LogP contribution in [0.2, 0.25) is 0 Å². The van der Waals surface area contributed by atoms with Crippen LogP contribution in [-0.2, 0) is 4.79 Å². The van der Waals surface area contributed by atoms with Gasteiger partial charge in [0.1, 0.15) is 18.1 Å². The lowest BCUT2D eigenvalue weighted by atomic mass is 10.3. The van der Waals surface area contributed by atoms with Crippen LogP contribution in [0.3, 0.4) is 0 Å². The summed E-state index contributed by atoms with van der Waals surface area (Å²) in [7, 11) is 1.27. The molecule has 2 rings (SSSR count). The van der Waals surface area contributed by atoms with Gasteiger partial charge in [-0.3, -0.25) is 14.9 Å². The van der Waals surface area contributed by atoms with Gasteiger partial charge in [-0.2, -0.15) is 0 Å². The molecule has 1 unspecified atom stereocenters. The molecule has 0 bridgehead atoms. The van der Waals surface area contributed by atoms with Crippen molar-refractivity contribution in [3.05, 3.63) is 39.1 Å². The summed E-state index contributed by atoms with van der Waals surface area (Å²) >= 11 is 3.24. The summed E-state index contributed by atoms with van der Waals surface area (Å²) in [5, 5.41) is 17.4. The van der Waals surface area contributed by atoms with Crippen LogP contribution in [-0.4, -0.2) is 32.7 Å². The van der Waals surface area contributed by atoms with Crippen LogP contribution < -0.4 is 10.1 Å². The van der Waals surface area contributed by atoms with Crippen molar-refractivity contribution in [3.8, 4) is 5.88 Å². The molecule has 0 saturated heterocycles. The predicted molar refractivity (Wildman–Crippen MR) is 80.7 cm³/mol. The number of pyridine rings is 1. The van der Waals surface area contributed by atoms with Gasteiger partial charge < -0.3 is 10.1 Å². The number of ether oxygens (including phenoxy) is 1. The highest BCUT2D eigenvalue weighted by molar-refractivity contribution is 9.10. The second-order valence-electron chi connectivity index (χ2n) is 4.29. The Kier molecular flexibility index (Phi) is 4.71. The van der Waals surface area contributed by atoms with Crippen LogP contribution in [0.25, 0.3) is 0 Å². The molecule has 9 nitrogen and oxygen atoms in total. The highest BCUT2D eigenvalue weighted by atomic mass is 79.9. The maximum Gasteiger partial charge on any atom is 0.350 e. The lowest BCUT2D eigenvalue weighted by Gasteiger charge is -2.11. The SMILES string of the molecule is COc1nn(C(C)C(=O)Nc2ccc(Br)cn2)cc1[N+](=O)[O-]. The van der Waals surface area contributed by atoms with Gasteiger partial charge in [-0.05, 0) is 35.0 Å². The number of nitrogens with one attached hydrogen (secondary N) is 1. The van der Waals surface area contributed by atoms with Gasteiger partial charge in [0.25, 0.3) is 0 Å². The van der Waals surface area contributed by atoms with Crippen LogP contribution in [0.5, 0.6) is 5.88 Å². The summed E-state index contributed by atoms with van der Waals surface area (Å²) in [6.45, 7) is 1.56. The topological polar surface area (TPSA) is 112 Å². The number of methoxy groups -OCH3 is 1. The Labute approximate surface area is 133 Å².